The number of nitriles is 2. The average Bonchev–Trinajstić information content (AvgIpc) is 3.00. The van der Waals surface area contributed by atoms with Gasteiger partial charge in [0.2, 0.25) is 11.8 Å². The largest absolute Gasteiger partial charge is 0.479 e. The number of ether oxygens (including phenoxy) is 4. The number of rotatable bonds is 8. The van der Waals surface area contributed by atoms with E-state index in [1.165, 1.54) is 14.2 Å². The van der Waals surface area contributed by atoms with Crippen LogP contribution in [0.25, 0.3) is 6.08 Å². The number of hydrogen-bond donors (Lipinski definition) is 2. The normalized spacial score (nSPS) is 10.0. The highest BCUT2D eigenvalue weighted by Crippen LogP contribution is 2.40. The summed E-state index contributed by atoms with van der Waals surface area (Å²) in [6, 6.07) is 13.6. The fourth-order valence-electron chi connectivity index (χ4n) is 4.19. The molecule has 226 valence electrons. The molecule has 0 aliphatic carbocycles. The Bertz CT molecular complexity index is 1800. The van der Waals surface area contributed by atoms with Crippen molar-refractivity contribution in [2.24, 2.45) is 0 Å². The van der Waals surface area contributed by atoms with Crippen molar-refractivity contribution in [1.82, 2.24) is 9.97 Å². The van der Waals surface area contributed by atoms with Gasteiger partial charge in [-0.1, -0.05) is 42.8 Å². The van der Waals surface area contributed by atoms with Crippen molar-refractivity contribution in [3.05, 3.63) is 86.7 Å². The Morgan fingerprint density at radius 2 is 1.25 bits per heavy atom. The molecule has 0 amide bonds. The highest BCUT2D eigenvalue weighted by atomic mass is 35.5. The summed E-state index contributed by atoms with van der Waals surface area (Å²) >= 11 is 12.0. The Balaban J connectivity index is 0.000000240. The molecule has 44 heavy (non-hydrogen) atoms. The number of pyridine rings is 2. The molecular formula is C32H30Cl2N6O4. The van der Waals surface area contributed by atoms with Crippen LogP contribution in [0.4, 0.5) is 11.4 Å². The van der Waals surface area contributed by atoms with E-state index in [1.807, 2.05) is 26.0 Å². The molecular weight excluding hydrogens is 603 g/mol. The number of nitrogen functional groups attached to an aromatic ring is 2. The first-order valence-corrected chi connectivity index (χ1v) is 13.8. The van der Waals surface area contributed by atoms with E-state index in [0.717, 1.165) is 11.3 Å². The van der Waals surface area contributed by atoms with Crippen molar-refractivity contribution in [3.63, 3.8) is 0 Å². The number of halogens is 2. The van der Waals surface area contributed by atoms with Crippen molar-refractivity contribution in [2.45, 2.75) is 27.2 Å². The lowest BCUT2D eigenvalue weighted by molar-refractivity contribution is 0.393. The molecule has 0 bridgehead atoms. The molecule has 0 unspecified atom stereocenters. The molecule has 0 saturated carbocycles. The first-order chi connectivity index (χ1) is 21.0. The van der Waals surface area contributed by atoms with Crippen molar-refractivity contribution in [3.8, 4) is 46.9 Å². The zero-order chi connectivity index (χ0) is 32.6. The van der Waals surface area contributed by atoms with Gasteiger partial charge in [0.15, 0.2) is 11.5 Å². The Hall–Kier alpha value is -5.16. The smallest absolute Gasteiger partial charge is 0.241 e. The summed E-state index contributed by atoms with van der Waals surface area (Å²) < 4.78 is 22.0. The highest BCUT2D eigenvalue weighted by Gasteiger charge is 2.19. The molecule has 4 aromatic rings. The Kier molecular flexibility index (Phi) is 11.2. The van der Waals surface area contributed by atoms with E-state index in [4.69, 9.17) is 64.1 Å². The van der Waals surface area contributed by atoms with E-state index in [2.05, 4.69) is 16.5 Å². The van der Waals surface area contributed by atoms with Gasteiger partial charge in [-0.25, -0.2) is 9.97 Å². The van der Waals surface area contributed by atoms with Crippen LogP contribution in [0.3, 0.4) is 0 Å². The van der Waals surface area contributed by atoms with E-state index in [1.54, 1.807) is 49.4 Å². The maximum atomic E-state index is 9.02. The maximum Gasteiger partial charge on any atom is 0.241 e. The molecule has 0 aliphatic heterocycles. The van der Waals surface area contributed by atoms with E-state index < -0.39 is 0 Å². The first kappa shape index (κ1) is 33.3. The number of hydrogen-bond acceptors (Lipinski definition) is 10. The third-order valence-corrected chi connectivity index (χ3v) is 6.66. The van der Waals surface area contributed by atoms with Gasteiger partial charge in [-0.05, 0) is 56.7 Å². The molecule has 0 saturated heterocycles. The number of nitrogens with two attached hydrogens (primary N) is 2. The summed E-state index contributed by atoms with van der Waals surface area (Å²) in [6.45, 7) is 9.40. The summed E-state index contributed by atoms with van der Waals surface area (Å²) in [5.74, 6) is 2.26. The fraction of sp³-hybridized carbons (Fsp3) is 0.188. The molecule has 0 fully saturated rings. The molecule has 2 aromatic heterocycles. The predicted octanol–water partition coefficient (Wildman–Crippen LogP) is 7.80. The van der Waals surface area contributed by atoms with Crippen LogP contribution in [-0.4, -0.2) is 24.2 Å². The Labute approximate surface area is 266 Å². The van der Waals surface area contributed by atoms with E-state index in [0.29, 0.717) is 73.4 Å². The molecule has 0 aliphatic rings. The Morgan fingerprint density at radius 1 is 0.795 bits per heavy atom. The standard InChI is InChI=1S/C16H16ClN3O2.C16H14ClN3O2/c2*1-4-13-9(2)20-16(21-3)14(19)15(13)22-12-6-10(8-18)5-11(17)7-12/h5-7H,4,19H2,1-3H3;4-7H,1,19H2,2-3H3. The van der Waals surface area contributed by atoms with Gasteiger partial charge in [0.1, 0.15) is 22.9 Å². The molecule has 2 heterocycles. The van der Waals surface area contributed by atoms with Crippen LogP contribution in [0, 0.1) is 36.5 Å². The van der Waals surface area contributed by atoms with E-state index in [-0.39, 0.29) is 11.6 Å². The number of nitrogens with zero attached hydrogens (tertiary/aromatic N) is 4. The van der Waals surface area contributed by atoms with Crippen molar-refractivity contribution in [1.29, 1.82) is 10.5 Å². The third kappa shape index (κ3) is 7.61. The zero-order valence-corrected chi connectivity index (χ0v) is 26.3. The molecule has 0 radical (unpaired) electrons. The lowest BCUT2D eigenvalue weighted by Gasteiger charge is -2.17. The van der Waals surface area contributed by atoms with Gasteiger partial charge in [0.05, 0.1) is 43.2 Å². The lowest BCUT2D eigenvalue weighted by atomic mass is 10.1. The van der Waals surface area contributed by atoms with Crippen LogP contribution >= 0.6 is 23.2 Å². The quantitative estimate of drug-likeness (QED) is 0.196. The van der Waals surface area contributed by atoms with Crippen molar-refractivity contribution < 1.29 is 18.9 Å². The minimum Gasteiger partial charge on any atom is -0.479 e. The van der Waals surface area contributed by atoms with Gasteiger partial charge < -0.3 is 30.4 Å². The minimum absolute atomic E-state index is 0.251. The highest BCUT2D eigenvalue weighted by molar-refractivity contribution is 6.31. The van der Waals surface area contributed by atoms with Gasteiger partial charge in [-0.2, -0.15) is 10.5 Å². The molecule has 4 N–H and O–H groups in total. The number of methoxy groups -OCH3 is 2. The van der Waals surface area contributed by atoms with Crippen molar-refractivity contribution in [2.75, 3.05) is 25.7 Å². The Morgan fingerprint density at radius 3 is 1.68 bits per heavy atom. The summed E-state index contributed by atoms with van der Waals surface area (Å²) in [6.07, 6.45) is 2.30. The molecule has 0 spiro atoms. The zero-order valence-electron chi connectivity index (χ0n) is 24.8. The molecule has 2 aromatic carbocycles. The topological polar surface area (TPSA) is 162 Å². The summed E-state index contributed by atoms with van der Waals surface area (Å²) in [5, 5.41) is 18.8. The van der Waals surface area contributed by atoms with Crippen LogP contribution in [0.5, 0.6) is 34.8 Å². The van der Waals surface area contributed by atoms with Crippen LogP contribution in [0.2, 0.25) is 10.0 Å². The summed E-state index contributed by atoms with van der Waals surface area (Å²) in [5.41, 5.74) is 16.5. The predicted molar refractivity (Wildman–Crippen MR) is 172 cm³/mol. The summed E-state index contributed by atoms with van der Waals surface area (Å²) in [7, 11) is 2.98. The van der Waals surface area contributed by atoms with E-state index in [9.17, 15) is 0 Å². The van der Waals surface area contributed by atoms with Crippen LogP contribution < -0.4 is 30.4 Å². The van der Waals surface area contributed by atoms with Gasteiger partial charge in [-0.3, -0.25) is 0 Å². The molecule has 0 atom stereocenters. The van der Waals surface area contributed by atoms with Gasteiger partial charge in [-0.15, -0.1) is 0 Å². The number of aryl methyl sites for hydroxylation is 2. The second kappa shape index (κ2) is 14.8. The molecule has 12 heteroatoms. The number of aromatic nitrogens is 2. The lowest BCUT2D eigenvalue weighted by Crippen LogP contribution is -2.05. The SMILES string of the molecule is C=Cc1c(C)nc(OC)c(N)c1Oc1cc(Cl)cc(C#N)c1.CCc1c(C)nc(OC)c(N)c1Oc1cc(Cl)cc(C#N)c1. The third-order valence-electron chi connectivity index (χ3n) is 6.22. The fourth-order valence-corrected chi connectivity index (χ4v) is 4.64. The van der Waals surface area contributed by atoms with Gasteiger partial charge >= 0.3 is 0 Å². The second-order valence-corrected chi connectivity index (χ2v) is 10.0. The minimum atomic E-state index is 0.251. The second-order valence-electron chi connectivity index (χ2n) is 9.13. The van der Waals surface area contributed by atoms with Crippen LogP contribution in [0.1, 0.15) is 40.6 Å². The summed E-state index contributed by atoms with van der Waals surface area (Å²) in [4.78, 5) is 8.55. The average molecular weight is 634 g/mol. The van der Waals surface area contributed by atoms with Gasteiger partial charge in [0, 0.05) is 26.9 Å². The molecule has 10 nitrogen and oxygen atoms in total. The first-order valence-electron chi connectivity index (χ1n) is 13.1. The van der Waals surface area contributed by atoms with Crippen LogP contribution in [0.15, 0.2) is 43.0 Å². The monoisotopic (exact) mass is 632 g/mol. The number of benzene rings is 2. The maximum absolute atomic E-state index is 9.02. The van der Waals surface area contributed by atoms with Crippen LogP contribution in [-0.2, 0) is 6.42 Å². The number of anilines is 2. The van der Waals surface area contributed by atoms with Crippen molar-refractivity contribution >= 4 is 40.7 Å². The van der Waals surface area contributed by atoms with Gasteiger partial charge in [0.25, 0.3) is 0 Å². The molecule has 4 rings (SSSR count). The van der Waals surface area contributed by atoms with E-state index >= 15 is 0 Å².